The van der Waals surface area contributed by atoms with Gasteiger partial charge in [0.05, 0.1) is 0 Å². The molecule has 20 heavy (non-hydrogen) atoms. The molecule has 0 amide bonds. The van der Waals surface area contributed by atoms with E-state index in [0.29, 0.717) is 5.41 Å². The van der Waals surface area contributed by atoms with Crippen molar-refractivity contribution in [2.75, 3.05) is 13.1 Å². The van der Waals surface area contributed by atoms with E-state index in [1.807, 2.05) is 0 Å². The second kappa shape index (κ2) is 8.69. The molecule has 0 aromatic rings. The summed E-state index contributed by atoms with van der Waals surface area (Å²) in [7, 11) is 0. The van der Waals surface area contributed by atoms with Crippen LogP contribution in [0.2, 0.25) is 0 Å². The van der Waals surface area contributed by atoms with Crippen molar-refractivity contribution >= 4 is 5.84 Å². The van der Waals surface area contributed by atoms with Crippen LogP contribution in [0.1, 0.15) is 90.4 Å². The maximum absolute atomic E-state index is 4.98. The Morgan fingerprint density at radius 3 is 2.55 bits per heavy atom. The second-order valence-electron chi connectivity index (χ2n) is 6.87. The normalized spacial score (nSPS) is 23.4. The number of nitrogens with one attached hydrogen (secondary N) is 1. The van der Waals surface area contributed by atoms with Gasteiger partial charge in [-0.15, -0.1) is 0 Å². The molecule has 0 atom stereocenters. The summed E-state index contributed by atoms with van der Waals surface area (Å²) >= 11 is 0. The minimum Gasteiger partial charge on any atom is -0.373 e. The third kappa shape index (κ3) is 4.49. The lowest BCUT2D eigenvalue weighted by molar-refractivity contribution is 0.249. The van der Waals surface area contributed by atoms with E-state index in [9.17, 15) is 0 Å². The summed E-state index contributed by atoms with van der Waals surface area (Å²) in [6, 6.07) is 0. The lowest BCUT2D eigenvalue weighted by Crippen LogP contribution is -2.43. The molecule has 1 saturated carbocycles. The first kappa shape index (κ1) is 15.9. The molecule has 1 aliphatic carbocycles. The van der Waals surface area contributed by atoms with Crippen LogP contribution < -0.4 is 5.32 Å². The van der Waals surface area contributed by atoms with Crippen molar-refractivity contribution in [3.05, 3.63) is 0 Å². The summed E-state index contributed by atoms with van der Waals surface area (Å²) < 4.78 is 0. The Balaban J connectivity index is 2.00. The molecule has 0 radical (unpaired) electrons. The lowest BCUT2D eigenvalue weighted by atomic mass is 9.69. The highest BCUT2D eigenvalue weighted by Crippen LogP contribution is 2.41. The highest BCUT2D eigenvalue weighted by Gasteiger charge is 2.36. The molecule has 1 heterocycles. The van der Waals surface area contributed by atoms with Gasteiger partial charge >= 0.3 is 0 Å². The Morgan fingerprint density at radius 1 is 0.950 bits per heavy atom. The van der Waals surface area contributed by atoms with E-state index < -0.39 is 0 Å². The molecule has 0 aromatic heterocycles. The minimum absolute atomic E-state index is 0.420. The van der Waals surface area contributed by atoms with Gasteiger partial charge in [0.1, 0.15) is 5.84 Å². The molecule has 1 N–H and O–H groups in total. The molecule has 2 nitrogen and oxygen atoms in total. The molecule has 2 aliphatic rings. The van der Waals surface area contributed by atoms with Crippen LogP contribution in [-0.2, 0) is 0 Å². The quantitative estimate of drug-likeness (QED) is 0.673. The molecule has 2 heteroatoms. The molecule has 2 rings (SSSR count). The average molecular weight is 278 g/mol. The fourth-order valence-electron chi connectivity index (χ4n) is 3.95. The number of rotatable bonds is 6. The van der Waals surface area contributed by atoms with Gasteiger partial charge in [-0.05, 0) is 38.5 Å². The number of unbranched alkanes of at least 4 members (excludes halogenated alkanes) is 3. The standard InChI is InChI=1S/C18H34N2/c1-2-3-4-7-12-18(13-8-5-9-14-18)17-19-15-10-6-11-16-20-17/h2-16H2,1H3,(H,19,20). The Hall–Kier alpha value is -0.530. The molecule has 0 aromatic carbocycles. The van der Waals surface area contributed by atoms with Crippen molar-refractivity contribution in [2.45, 2.75) is 90.4 Å². The van der Waals surface area contributed by atoms with E-state index in [1.165, 1.54) is 89.3 Å². The van der Waals surface area contributed by atoms with Crippen LogP contribution in [0.3, 0.4) is 0 Å². The van der Waals surface area contributed by atoms with Gasteiger partial charge in [0.25, 0.3) is 0 Å². The van der Waals surface area contributed by atoms with Gasteiger partial charge in [-0.3, -0.25) is 4.99 Å². The van der Waals surface area contributed by atoms with Crippen molar-refractivity contribution in [1.82, 2.24) is 5.32 Å². The number of amidine groups is 1. The van der Waals surface area contributed by atoms with Crippen LogP contribution >= 0.6 is 0 Å². The third-order valence-corrected chi connectivity index (χ3v) is 5.22. The lowest BCUT2D eigenvalue weighted by Gasteiger charge is -2.39. The van der Waals surface area contributed by atoms with Gasteiger partial charge < -0.3 is 5.32 Å². The zero-order valence-corrected chi connectivity index (χ0v) is 13.6. The summed E-state index contributed by atoms with van der Waals surface area (Å²) in [5.74, 6) is 1.40. The largest absolute Gasteiger partial charge is 0.373 e. The second-order valence-corrected chi connectivity index (χ2v) is 6.87. The predicted octanol–water partition coefficient (Wildman–Crippen LogP) is 5.08. The smallest absolute Gasteiger partial charge is 0.103 e. The zero-order valence-electron chi connectivity index (χ0n) is 13.6. The molecule has 1 fully saturated rings. The number of nitrogens with zero attached hydrogens (tertiary/aromatic N) is 1. The molecule has 0 bridgehead atoms. The summed E-state index contributed by atoms with van der Waals surface area (Å²) in [4.78, 5) is 4.98. The van der Waals surface area contributed by atoms with E-state index in [0.717, 1.165) is 13.1 Å². The molecule has 116 valence electrons. The summed E-state index contributed by atoms with van der Waals surface area (Å²) in [5, 5.41) is 3.72. The van der Waals surface area contributed by atoms with E-state index in [1.54, 1.807) is 0 Å². The van der Waals surface area contributed by atoms with Crippen molar-refractivity contribution in [2.24, 2.45) is 10.4 Å². The highest BCUT2D eigenvalue weighted by molar-refractivity contribution is 5.88. The van der Waals surface area contributed by atoms with Gasteiger partial charge in [0.15, 0.2) is 0 Å². The van der Waals surface area contributed by atoms with Gasteiger partial charge in [-0.1, -0.05) is 51.9 Å². The number of hydrogen-bond donors (Lipinski definition) is 1. The fourth-order valence-corrected chi connectivity index (χ4v) is 3.95. The van der Waals surface area contributed by atoms with Gasteiger partial charge in [-0.25, -0.2) is 0 Å². The third-order valence-electron chi connectivity index (χ3n) is 5.22. The Morgan fingerprint density at radius 2 is 1.75 bits per heavy atom. The monoisotopic (exact) mass is 278 g/mol. The van der Waals surface area contributed by atoms with Crippen LogP contribution in [0, 0.1) is 5.41 Å². The van der Waals surface area contributed by atoms with E-state index in [4.69, 9.17) is 4.99 Å². The van der Waals surface area contributed by atoms with Crippen molar-refractivity contribution < 1.29 is 0 Å². The maximum atomic E-state index is 4.98. The Labute approximate surface area is 125 Å². The number of aliphatic imine (C=N–C) groups is 1. The first-order valence-corrected chi connectivity index (χ1v) is 9.16. The SMILES string of the molecule is CCCCCCC1(C2=NCCCCCN2)CCCCC1. The van der Waals surface area contributed by atoms with E-state index in [2.05, 4.69) is 12.2 Å². The Bertz CT molecular complexity index is 290. The molecule has 1 aliphatic heterocycles. The minimum atomic E-state index is 0.420. The van der Waals surface area contributed by atoms with E-state index >= 15 is 0 Å². The highest BCUT2D eigenvalue weighted by atomic mass is 15.0. The van der Waals surface area contributed by atoms with Crippen molar-refractivity contribution in [3.63, 3.8) is 0 Å². The summed E-state index contributed by atoms with van der Waals surface area (Å²) in [5.41, 5.74) is 0.420. The van der Waals surface area contributed by atoms with Crippen LogP contribution in [-0.4, -0.2) is 18.9 Å². The van der Waals surface area contributed by atoms with E-state index in [-0.39, 0.29) is 0 Å². The Kier molecular flexibility index (Phi) is 6.89. The fraction of sp³-hybridized carbons (Fsp3) is 0.944. The van der Waals surface area contributed by atoms with Crippen LogP contribution in [0.5, 0.6) is 0 Å². The topological polar surface area (TPSA) is 24.4 Å². The van der Waals surface area contributed by atoms with Gasteiger partial charge in [-0.2, -0.15) is 0 Å². The molecular formula is C18H34N2. The number of hydrogen-bond acceptors (Lipinski definition) is 2. The first-order chi connectivity index (χ1) is 9.87. The molecular weight excluding hydrogens is 244 g/mol. The first-order valence-electron chi connectivity index (χ1n) is 9.16. The molecule has 0 spiro atoms. The maximum Gasteiger partial charge on any atom is 0.103 e. The predicted molar refractivity (Wildman–Crippen MR) is 88.4 cm³/mol. The van der Waals surface area contributed by atoms with Gasteiger partial charge in [0.2, 0.25) is 0 Å². The zero-order chi connectivity index (χ0) is 14.1. The van der Waals surface area contributed by atoms with Crippen LogP contribution in [0.15, 0.2) is 4.99 Å². The van der Waals surface area contributed by atoms with Gasteiger partial charge in [0, 0.05) is 18.5 Å². The summed E-state index contributed by atoms with van der Waals surface area (Å²) in [6.07, 6.45) is 17.9. The van der Waals surface area contributed by atoms with Crippen LogP contribution in [0.25, 0.3) is 0 Å². The molecule has 0 unspecified atom stereocenters. The summed E-state index contributed by atoms with van der Waals surface area (Å²) in [6.45, 7) is 4.51. The average Bonchev–Trinajstić information content (AvgIpc) is 2.44. The molecule has 0 saturated heterocycles. The van der Waals surface area contributed by atoms with Crippen molar-refractivity contribution in [3.8, 4) is 0 Å². The van der Waals surface area contributed by atoms with Crippen LogP contribution in [0.4, 0.5) is 0 Å². The van der Waals surface area contributed by atoms with Crippen molar-refractivity contribution in [1.29, 1.82) is 0 Å².